The van der Waals surface area contributed by atoms with E-state index < -0.39 is 21.9 Å². The molecule has 10 heteroatoms. The van der Waals surface area contributed by atoms with Crippen LogP contribution < -0.4 is 13.8 Å². The van der Waals surface area contributed by atoms with Gasteiger partial charge in [0.1, 0.15) is 39.6 Å². The summed E-state index contributed by atoms with van der Waals surface area (Å²) in [6.07, 6.45) is 0.658. The van der Waals surface area contributed by atoms with Crippen LogP contribution in [0, 0.1) is 5.92 Å². The van der Waals surface area contributed by atoms with Crippen LogP contribution in [0.2, 0.25) is 0 Å². The maximum Gasteiger partial charge on any atom is 0.453 e. The largest absolute Gasteiger partial charge is 0.497 e. The fourth-order valence-electron chi connectivity index (χ4n) is 6.98. The van der Waals surface area contributed by atoms with Crippen LogP contribution >= 0.6 is 16.5 Å². The predicted molar refractivity (Wildman–Crippen MR) is 226 cm³/mol. The number of benzene rings is 6. The fourth-order valence-corrected chi connectivity index (χ4v) is 9.19. The molecule has 56 heavy (non-hydrogen) atoms. The van der Waals surface area contributed by atoms with E-state index in [4.69, 9.17) is 30.6 Å². The first-order chi connectivity index (χ1) is 27.1. The Labute approximate surface area is 327 Å². The Kier molecular flexibility index (Phi) is 10.4. The number of rotatable bonds is 9. The topological polar surface area (TPSA) is 100 Å². The van der Waals surface area contributed by atoms with E-state index in [1.54, 1.807) is 7.11 Å². The van der Waals surface area contributed by atoms with Crippen molar-refractivity contribution in [1.82, 2.24) is 0 Å². The zero-order valence-electron chi connectivity index (χ0n) is 32.2. The van der Waals surface area contributed by atoms with Crippen LogP contribution in [-0.4, -0.2) is 12.2 Å². The molecule has 8 nitrogen and oxygen atoms in total. The van der Waals surface area contributed by atoms with Gasteiger partial charge in [-0.1, -0.05) is 107 Å². The van der Waals surface area contributed by atoms with Gasteiger partial charge in [-0.15, -0.1) is 0 Å². The number of para-hydroxylation sites is 4. The average Bonchev–Trinajstić information content (AvgIpc) is 3.45. The molecule has 2 heterocycles. The van der Waals surface area contributed by atoms with E-state index >= 15 is 0 Å². The zero-order valence-corrected chi connectivity index (χ0v) is 34.0. The molecule has 1 N–H and O–H groups in total. The van der Waals surface area contributed by atoms with E-state index in [0.717, 1.165) is 38.2 Å². The Hall–Kier alpha value is -5.52. The van der Waals surface area contributed by atoms with Crippen LogP contribution in [-0.2, 0) is 18.4 Å². The highest BCUT2D eigenvalue weighted by Gasteiger charge is 2.29. The first-order valence-corrected chi connectivity index (χ1v) is 20.8. The summed E-state index contributed by atoms with van der Waals surface area (Å²) in [5.74, 6) is 1.99. The van der Waals surface area contributed by atoms with Gasteiger partial charge in [-0.25, -0.2) is 0 Å². The summed E-state index contributed by atoms with van der Waals surface area (Å²) in [6.45, 7) is 10.5. The molecule has 0 amide bonds. The summed E-state index contributed by atoms with van der Waals surface area (Å²) in [6, 6.07) is 39.4. The lowest BCUT2D eigenvalue weighted by atomic mass is 9.83. The number of hydrogen-bond acceptors (Lipinski definition) is 8. The third-order valence-electron chi connectivity index (χ3n) is 9.58. The fraction of sp³-hybridized carbons (Fsp3) is 0.217. The quantitative estimate of drug-likeness (QED) is 0.154. The van der Waals surface area contributed by atoms with E-state index in [9.17, 15) is 5.11 Å². The van der Waals surface area contributed by atoms with Crippen LogP contribution in [0.15, 0.2) is 138 Å². The van der Waals surface area contributed by atoms with Crippen LogP contribution in [0.5, 0.6) is 17.2 Å². The van der Waals surface area contributed by atoms with Gasteiger partial charge in [0, 0.05) is 38.2 Å². The van der Waals surface area contributed by atoms with E-state index in [1.807, 2.05) is 121 Å². The van der Waals surface area contributed by atoms with Crippen molar-refractivity contribution < 1.29 is 35.7 Å². The van der Waals surface area contributed by atoms with Gasteiger partial charge in [-0.2, -0.15) is 0 Å². The van der Waals surface area contributed by atoms with Crippen molar-refractivity contribution in [3.05, 3.63) is 138 Å². The number of ether oxygens (including phenoxy) is 1. The number of hydrogen-bond donors (Lipinski definition) is 1. The Bertz CT molecular complexity index is 2680. The summed E-state index contributed by atoms with van der Waals surface area (Å²) < 4.78 is 46.4. The Balaban J connectivity index is 1.42. The van der Waals surface area contributed by atoms with Crippen molar-refractivity contribution in [2.75, 3.05) is 7.11 Å². The van der Waals surface area contributed by atoms with Crippen molar-refractivity contribution in [2.45, 2.75) is 53.1 Å². The van der Waals surface area contributed by atoms with Gasteiger partial charge in [0.15, 0.2) is 0 Å². The second-order valence-corrected chi connectivity index (χ2v) is 17.2. The lowest BCUT2D eigenvalue weighted by Crippen LogP contribution is -2.13. The number of aliphatic hydroxyl groups excluding tert-OH is 1. The summed E-state index contributed by atoms with van der Waals surface area (Å²) in [4.78, 5) is 0. The van der Waals surface area contributed by atoms with Gasteiger partial charge < -0.3 is 35.7 Å². The molecule has 2 aromatic heterocycles. The lowest BCUT2D eigenvalue weighted by molar-refractivity contribution is 0.281. The van der Waals surface area contributed by atoms with Gasteiger partial charge in [0.05, 0.1) is 13.7 Å². The minimum absolute atomic E-state index is 0.181. The minimum atomic E-state index is -2.03. The molecular weight excluding hydrogens is 742 g/mol. The third-order valence-corrected chi connectivity index (χ3v) is 11.6. The van der Waals surface area contributed by atoms with Gasteiger partial charge in [0.25, 0.3) is 0 Å². The first-order valence-electron chi connectivity index (χ1n) is 18.6. The average molecular weight is 787 g/mol. The maximum absolute atomic E-state index is 10.7. The molecule has 0 aliphatic carbocycles. The van der Waals surface area contributed by atoms with Gasteiger partial charge in [-0.05, 0) is 77.4 Å². The van der Waals surface area contributed by atoms with E-state index in [1.165, 1.54) is 0 Å². The lowest BCUT2D eigenvalue weighted by Gasteiger charge is -2.26. The SMILES string of the molecule is COc1cc(-c2cc(CO)cc(CC(C)C)c2Op2oc3ccccc3c3ccccc3o2)c(Op2oc3ccccc3c3ccccc3o2)c(C(C)(C)C)c1. The van der Waals surface area contributed by atoms with E-state index in [0.29, 0.717) is 57.1 Å². The summed E-state index contributed by atoms with van der Waals surface area (Å²) in [7, 11) is -2.40. The molecule has 0 aliphatic rings. The highest BCUT2D eigenvalue weighted by Crippen LogP contribution is 2.52. The Morgan fingerprint density at radius 3 is 1.43 bits per heavy atom. The molecule has 6 aromatic carbocycles. The van der Waals surface area contributed by atoms with Crippen molar-refractivity contribution >= 4 is 60.4 Å². The Morgan fingerprint density at radius 2 is 1.02 bits per heavy atom. The van der Waals surface area contributed by atoms with Crippen molar-refractivity contribution in [2.24, 2.45) is 5.92 Å². The third kappa shape index (κ3) is 7.53. The van der Waals surface area contributed by atoms with E-state index in [-0.39, 0.29) is 12.5 Å². The molecular formula is C46H44O8P2. The molecule has 0 aliphatic heterocycles. The standard InChI is InChI=1S/C46H44O8P2/c1-29(2)23-31-24-30(28-47)25-37(44(31)53-55-49-40-19-11-7-15-33(40)34-16-8-12-20-41(34)50-55)38-26-32(48-6)27-39(46(3,4)5)45(38)54-56-51-42-21-13-9-17-35(42)36-18-10-14-22-43(36)52-56/h7-22,24-27,29,47H,23,28H2,1-6H3. The van der Waals surface area contributed by atoms with Crippen molar-refractivity contribution in [3.8, 4) is 28.4 Å². The molecule has 0 saturated carbocycles. The predicted octanol–water partition coefficient (Wildman–Crippen LogP) is 14.2. The molecule has 8 aromatic rings. The maximum atomic E-state index is 10.7. The molecule has 0 atom stereocenters. The number of aliphatic hydroxyl groups is 1. The highest BCUT2D eigenvalue weighted by molar-refractivity contribution is 7.32. The molecule has 0 fully saturated rings. The zero-order chi connectivity index (χ0) is 39.0. The van der Waals surface area contributed by atoms with Crippen molar-refractivity contribution in [3.63, 3.8) is 0 Å². The summed E-state index contributed by atoms with van der Waals surface area (Å²) in [5, 5.41) is 14.4. The van der Waals surface area contributed by atoms with Crippen LogP contribution in [0.4, 0.5) is 0 Å². The molecule has 8 rings (SSSR count). The molecule has 286 valence electrons. The molecule has 0 saturated heterocycles. The van der Waals surface area contributed by atoms with Gasteiger partial charge in [-0.3, -0.25) is 0 Å². The molecule has 0 bridgehead atoms. The summed E-state index contributed by atoms with van der Waals surface area (Å²) in [5.41, 5.74) is 6.06. The van der Waals surface area contributed by atoms with Crippen LogP contribution in [0.25, 0.3) is 55.0 Å². The van der Waals surface area contributed by atoms with Gasteiger partial charge in [0.2, 0.25) is 0 Å². The van der Waals surface area contributed by atoms with E-state index in [2.05, 4.69) is 34.6 Å². The highest BCUT2D eigenvalue weighted by atomic mass is 31.1. The number of methoxy groups -OCH3 is 1. The smallest absolute Gasteiger partial charge is 0.453 e. The van der Waals surface area contributed by atoms with Crippen LogP contribution in [0.1, 0.15) is 51.3 Å². The number of fused-ring (bicyclic) bond motifs is 6. The molecule has 0 unspecified atom stereocenters. The Morgan fingerprint density at radius 1 is 0.589 bits per heavy atom. The molecule has 0 spiro atoms. The van der Waals surface area contributed by atoms with Gasteiger partial charge >= 0.3 is 16.5 Å². The van der Waals surface area contributed by atoms with Crippen molar-refractivity contribution in [1.29, 1.82) is 0 Å². The monoisotopic (exact) mass is 786 g/mol. The van der Waals surface area contributed by atoms with Crippen LogP contribution in [0.3, 0.4) is 0 Å². The second kappa shape index (κ2) is 15.5. The first kappa shape index (κ1) is 37.4. The second-order valence-electron chi connectivity index (χ2n) is 15.2. The molecule has 0 radical (unpaired) electrons. The summed E-state index contributed by atoms with van der Waals surface area (Å²) >= 11 is 0. The normalized spacial score (nSPS) is 11.8. The minimum Gasteiger partial charge on any atom is -0.497 e.